The van der Waals surface area contributed by atoms with Crippen molar-refractivity contribution < 1.29 is 9.13 Å². The van der Waals surface area contributed by atoms with Crippen molar-refractivity contribution in [3.8, 4) is 0 Å². The molecule has 0 bridgehead atoms. The summed E-state index contributed by atoms with van der Waals surface area (Å²) in [6.45, 7) is 0.796. The molecule has 0 aromatic heterocycles. The van der Waals surface area contributed by atoms with Gasteiger partial charge in [-0.3, -0.25) is 0 Å². The molecule has 1 rings (SSSR count). The molecule has 1 aromatic rings. The largest absolute Gasteiger partial charge is 0.385 e. The summed E-state index contributed by atoms with van der Waals surface area (Å²) in [5.74, 6) is -0.184. The summed E-state index contributed by atoms with van der Waals surface area (Å²) in [5, 5.41) is 1.73. The van der Waals surface area contributed by atoms with Crippen LogP contribution in [0.3, 0.4) is 0 Å². The minimum absolute atomic E-state index is 0.0292. The van der Waals surface area contributed by atoms with Crippen LogP contribution in [0.5, 0.6) is 0 Å². The van der Waals surface area contributed by atoms with Crippen LogP contribution in [0.2, 0.25) is 0 Å². The van der Waals surface area contributed by atoms with Crippen molar-refractivity contribution in [2.45, 2.75) is 24.7 Å². The van der Waals surface area contributed by atoms with Crippen molar-refractivity contribution >= 4 is 31.9 Å². The van der Waals surface area contributed by atoms with Gasteiger partial charge in [-0.2, -0.15) is 0 Å². The Morgan fingerprint density at radius 2 is 1.72 bits per heavy atom. The van der Waals surface area contributed by atoms with Gasteiger partial charge >= 0.3 is 0 Å². The fraction of sp³-hybridized carbons (Fsp3) is 0.571. The van der Waals surface area contributed by atoms with Crippen molar-refractivity contribution in [2.24, 2.45) is 0 Å². The van der Waals surface area contributed by atoms with Gasteiger partial charge in [0.05, 0.1) is 0 Å². The van der Waals surface area contributed by atoms with Gasteiger partial charge in [-0.15, -0.1) is 0 Å². The van der Waals surface area contributed by atoms with E-state index in [0.717, 1.165) is 36.5 Å². The van der Waals surface area contributed by atoms with E-state index in [1.54, 1.807) is 7.11 Å². The maximum Gasteiger partial charge on any atom is 0.123 e. The summed E-state index contributed by atoms with van der Waals surface area (Å²) in [5.41, 5.74) is 1.21. The van der Waals surface area contributed by atoms with Crippen LogP contribution < -0.4 is 0 Å². The van der Waals surface area contributed by atoms with Gasteiger partial charge in [0, 0.05) is 29.8 Å². The lowest BCUT2D eigenvalue weighted by atomic mass is 9.80. The van der Waals surface area contributed by atoms with Gasteiger partial charge in [0.15, 0.2) is 0 Å². The van der Waals surface area contributed by atoms with Crippen molar-refractivity contribution in [3.63, 3.8) is 0 Å². The topological polar surface area (TPSA) is 9.23 Å². The van der Waals surface area contributed by atoms with E-state index in [0.29, 0.717) is 0 Å². The molecule has 0 saturated heterocycles. The molecule has 102 valence electrons. The molecule has 4 heteroatoms. The third-order valence-corrected chi connectivity index (χ3v) is 5.37. The second-order valence-electron chi connectivity index (χ2n) is 4.50. The minimum Gasteiger partial charge on any atom is -0.385 e. The highest BCUT2D eigenvalue weighted by atomic mass is 79.9. The fourth-order valence-corrected chi connectivity index (χ4v) is 4.12. The van der Waals surface area contributed by atoms with E-state index in [1.807, 2.05) is 12.1 Å². The Bertz CT molecular complexity index is 336. The third kappa shape index (κ3) is 4.32. The molecule has 0 spiro atoms. The summed E-state index contributed by atoms with van der Waals surface area (Å²) in [6.07, 6.45) is 3.21. The Morgan fingerprint density at radius 1 is 1.11 bits per heavy atom. The molecule has 0 aliphatic carbocycles. The van der Waals surface area contributed by atoms with E-state index in [-0.39, 0.29) is 11.2 Å². The van der Waals surface area contributed by atoms with Crippen LogP contribution in [-0.4, -0.2) is 24.4 Å². The summed E-state index contributed by atoms with van der Waals surface area (Å²) < 4.78 is 18.1. The SMILES string of the molecule is COCCCCC(CBr)(CBr)c1ccc(F)cc1. The number of alkyl halides is 2. The van der Waals surface area contributed by atoms with Crippen molar-refractivity contribution in [1.29, 1.82) is 0 Å². The van der Waals surface area contributed by atoms with Crippen LogP contribution in [0, 0.1) is 5.82 Å². The molecule has 0 N–H and O–H groups in total. The Kier molecular flexibility index (Phi) is 7.42. The number of hydrogen-bond acceptors (Lipinski definition) is 1. The van der Waals surface area contributed by atoms with Crippen molar-refractivity contribution in [1.82, 2.24) is 0 Å². The molecule has 0 atom stereocenters. The molecule has 0 aliphatic rings. The zero-order valence-corrected chi connectivity index (χ0v) is 13.8. The lowest BCUT2D eigenvalue weighted by molar-refractivity contribution is 0.190. The van der Waals surface area contributed by atoms with E-state index in [1.165, 1.54) is 17.7 Å². The van der Waals surface area contributed by atoms with Gasteiger partial charge < -0.3 is 4.74 Å². The first-order chi connectivity index (χ1) is 8.68. The van der Waals surface area contributed by atoms with Crippen LogP contribution in [0.4, 0.5) is 4.39 Å². The van der Waals surface area contributed by atoms with Gasteiger partial charge in [0.1, 0.15) is 5.82 Å². The number of methoxy groups -OCH3 is 1. The molecule has 1 nitrogen and oxygen atoms in total. The summed E-state index contributed by atoms with van der Waals surface area (Å²) >= 11 is 7.21. The number of ether oxygens (including phenoxy) is 1. The first-order valence-electron chi connectivity index (χ1n) is 6.05. The molecular weight excluding hydrogens is 363 g/mol. The zero-order valence-electron chi connectivity index (χ0n) is 10.6. The van der Waals surface area contributed by atoms with Gasteiger partial charge in [-0.05, 0) is 30.5 Å². The fourth-order valence-electron chi connectivity index (χ4n) is 1.98. The lowest BCUT2D eigenvalue weighted by Gasteiger charge is -2.31. The second kappa shape index (κ2) is 8.28. The zero-order chi connectivity index (χ0) is 13.4. The lowest BCUT2D eigenvalue weighted by Crippen LogP contribution is -2.30. The number of rotatable bonds is 8. The highest BCUT2D eigenvalue weighted by Crippen LogP contribution is 2.34. The Morgan fingerprint density at radius 3 is 2.22 bits per heavy atom. The van der Waals surface area contributed by atoms with Crippen molar-refractivity contribution in [3.05, 3.63) is 35.6 Å². The molecule has 1 aromatic carbocycles. The predicted octanol–water partition coefficient (Wildman–Crippen LogP) is 4.67. The molecule has 0 heterocycles. The van der Waals surface area contributed by atoms with Gasteiger partial charge in [-0.1, -0.05) is 50.4 Å². The van der Waals surface area contributed by atoms with E-state index in [4.69, 9.17) is 4.74 Å². The number of halogens is 3. The van der Waals surface area contributed by atoms with Gasteiger partial charge in [-0.25, -0.2) is 4.39 Å². The first kappa shape index (κ1) is 16.1. The molecule has 18 heavy (non-hydrogen) atoms. The molecule has 0 unspecified atom stereocenters. The van der Waals surface area contributed by atoms with Crippen molar-refractivity contribution in [2.75, 3.05) is 24.4 Å². The average molecular weight is 382 g/mol. The average Bonchev–Trinajstić information content (AvgIpc) is 2.41. The molecule has 0 saturated carbocycles. The van der Waals surface area contributed by atoms with Gasteiger partial charge in [0.2, 0.25) is 0 Å². The van der Waals surface area contributed by atoms with Gasteiger partial charge in [0.25, 0.3) is 0 Å². The molecule has 0 fully saturated rings. The Labute approximate surface area is 125 Å². The van der Waals surface area contributed by atoms with Crippen LogP contribution in [-0.2, 0) is 10.2 Å². The molecular formula is C14H19Br2FO. The van der Waals surface area contributed by atoms with E-state index < -0.39 is 0 Å². The second-order valence-corrected chi connectivity index (χ2v) is 5.63. The highest BCUT2D eigenvalue weighted by Gasteiger charge is 2.29. The Hall–Kier alpha value is 0.0700. The Balaban J connectivity index is 2.75. The van der Waals surface area contributed by atoms with E-state index in [2.05, 4.69) is 31.9 Å². The highest BCUT2D eigenvalue weighted by molar-refractivity contribution is 9.09. The summed E-state index contributed by atoms with van der Waals surface area (Å²) in [7, 11) is 1.72. The monoisotopic (exact) mass is 380 g/mol. The molecule has 0 aliphatic heterocycles. The van der Waals surface area contributed by atoms with Crippen LogP contribution in [0.15, 0.2) is 24.3 Å². The molecule has 0 amide bonds. The summed E-state index contributed by atoms with van der Waals surface area (Å²) in [4.78, 5) is 0. The quantitative estimate of drug-likeness (QED) is 0.469. The first-order valence-corrected chi connectivity index (χ1v) is 8.30. The maximum absolute atomic E-state index is 13.0. The van der Waals surface area contributed by atoms with E-state index in [9.17, 15) is 4.39 Å². The molecule has 0 radical (unpaired) electrons. The standard InChI is InChI=1S/C14H19Br2FO/c1-18-9-3-2-8-14(10-15,11-16)12-4-6-13(17)7-5-12/h4-7H,2-3,8-11H2,1H3. The smallest absolute Gasteiger partial charge is 0.123 e. The number of benzene rings is 1. The van der Waals surface area contributed by atoms with E-state index >= 15 is 0 Å². The number of unbranched alkanes of at least 4 members (excludes halogenated alkanes) is 1. The minimum atomic E-state index is -0.184. The normalized spacial score (nSPS) is 11.8. The van der Waals surface area contributed by atoms with Crippen LogP contribution in [0.25, 0.3) is 0 Å². The predicted molar refractivity (Wildman–Crippen MR) is 81.4 cm³/mol. The third-order valence-electron chi connectivity index (χ3n) is 3.22. The maximum atomic E-state index is 13.0. The summed E-state index contributed by atoms with van der Waals surface area (Å²) in [6, 6.07) is 6.83. The van der Waals surface area contributed by atoms with Crippen LogP contribution >= 0.6 is 31.9 Å². The van der Waals surface area contributed by atoms with Crippen LogP contribution in [0.1, 0.15) is 24.8 Å². The number of hydrogen-bond donors (Lipinski definition) is 0.